The maximum absolute atomic E-state index is 8.55. The van der Waals surface area contributed by atoms with Crippen LogP contribution in [0.2, 0.25) is 0 Å². The molecule has 1 fully saturated rings. The van der Waals surface area contributed by atoms with Gasteiger partial charge in [-0.3, -0.25) is 0 Å². The summed E-state index contributed by atoms with van der Waals surface area (Å²) in [6.45, 7) is 2.82. The molecule has 2 atom stereocenters. The van der Waals surface area contributed by atoms with Gasteiger partial charge in [-0.25, -0.2) is 0 Å². The lowest BCUT2D eigenvalue weighted by Gasteiger charge is -2.24. The van der Waals surface area contributed by atoms with Crippen LogP contribution in [0.15, 0.2) is 12.2 Å². The van der Waals surface area contributed by atoms with Crippen molar-refractivity contribution in [2.75, 3.05) is 13.2 Å². The van der Waals surface area contributed by atoms with E-state index >= 15 is 0 Å². The molecule has 76 valence electrons. The highest BCUT2D eigenvalue weighted by molar-refractivity contribution is 4.87. The Bertz CT molecular complexity index is 150. The monoisotopic (exact) mass is 186 g/mol. The van der Waals surface area contributed by atoms with Crippen molar-refractivity contribution < 1.29 is 14.6 Å². The minimum Gasteiger partial charge on any atom is -0.392 e. The minimum absolute atomic E-state index is 0.0234. The maximum Gasteiger partial charge on any atom is 0.158 e. The second kappa shape index (κ2) is 6.13. The fourth-order valence-corrected chi connectivity index (χ4v) is 1.36. The number of ether oxygens (including phenoxy) is 2. The zero-order valence-corrected chi connectivity index (χ0v) is 8.11. The van der Waals surface area contributed by atoms with Gasteiger partial charge >= 0.3 is 0 Å². The van der Waals surface area contributed by atoms with Crippen molar-refractivity contribution in [3.63, 3.8) is 0 Å². The molecule has 0 amide bonds. The van der Waals surface area contributed by atoms with E-state index in [1.54, 1.807) is 6.08 Å². The molecule has 0 spiro atoms. The molecule has 0 aromatic carbocycles. The molecule has 3 heteroatoms. The summed E-state index contributed by atoms with van der Waals surface area (Å²) in [4.78, 5) is 0. The topological polar surface area (TPSA) is 38.7 Å². The fourth-order valence-electron chi connectivity index (χ4n) is 1.36. The summed E-state index contributed by atoms with van der Waals surface area (Å²) in [6, 6.07) is 0. The van der Waals surface area contributed by atoms with Crippen LogP contribution in [-0.2, 0) is 9.47 Å². The number of hydrogen-bond donors (Lipinski definition) is 1. The van der Waals surface area contributed by atoms with E-state index < -0.39 is 0 Å². The highest BCUT2D eigenvalue weighted by Gasteiger charge is 2.15. The van der Waals surface area contributed by atoms with Crippen LogP contribution < -0.4 is 0 Å². The van der Waals surface area contributed by atoms with Crippen molar-refractivity contribution in [2.45, 2.75) is 38.6 Å². The second-order valence-electron chi connectivity index (χ2n) is 3.25. The van der Waals surface area contributed by atoms with Crippen molar-refractivity contribution in [2.24, 2.45) is 0 Å². The summed E-state index contributed by atoms with van der Waals surface area (Å²) in [5.41, 5.74) is 0. The Balaban J connectivity index is 2.18. The van der Waals surface area contributed by atoms with Crippen LogP contribution in [0.25, 0.3) is 0 Å². The lowest BCUT2D eigenvalue weighted by Crippen LogP contribution is -2.25. The van der Waals surface area contributed by atoms with E-state index in [0.29, 0.717) is 0 Å². The Morgan fingerprint density at radius 1 is 1.62 bits per heavy atom. The third-order valence-electron chi connectivity index (χ3n) is 2.02. The van der Waals surface area contributed by atoms with Crippen LogP contribution in [0, 0.1) is 0 Å². The molecular formula is C10H18O3. The molecule has 3 nitrogen and oxygen atoms in total. The van der Waals surface area contributed by atoms with Crippen LogP contribution in [0.3, 0.4) is 0 Å². The number of aliphatic hydroxyl groups is 1. The first kappa shape index (κ1) is 10.7. The summed E-state index contributed by atoms with van der Waals surface area (Å²) in [5, 5.41) is 8.55. The van der Waals surface area contributed by atoms with Crippen molar-refractivity contribution in [3.8, 4) is 0 Å². The molecular weight excluding hydrogens is 168 g/mol. The molecule has 0 radical (unpaired) electrons. The van der Waals surface area contributed by atoms with Gasteiger partial charge in [-0.05, 0) is 26.2 Å². The van der Waals surface area contributed by atoms with Crippen LogP contribution >= 0.6 is 0 Å². The SMILES string of the molecule is CC(C=CCO)OC1CCCCO1. The fraction of sp³-hybridized carbons (Fsp3) is 0.800. The first-order chi connectivity index (χ1) is 6.33. The molecule has 1 heterocycles. The number of rotatable bonds is 4. The average Bonchev–Trinajstić information content (AvgIpc) is 2.16. The Hall–Kier alpha value is -0.380. The van der Waals surface area contributed by atoms with Crippen LogP contribution in [0.4, 0.5) is 0 Å². The first-order valence-electron chi connectivity index (χ1n) is 4.87. The van der Waals surface area contributed by atoms with Crippen molar-refractivity contribution in [1.82, 2.24) is 0 Å². The average molecular weight is 186 g/mol. The quantitative estimate of drug-likeness (QED) is 0.676. The Morgan fingerprint density at radius 3 is 3.08 bits per heavy atom. The second-order valence-corrected chi connectivity index (χ2v) is 3.25. The van der Waals surface area contributed by atoms with Gasteiger partial charge in [0.25, 0.3) is 0 Å². The molecule has 2 unspecified atom stereocenters. The Labute approximate surface area is 79.3 Å². The van der Waals surface area contributed by atoms with Gasteiger partial charge < -0.3 is 14.6 Å². The van der Waals surface area contributed by atoms with Gasteiger partial charge in [0.1, 0.15) is 0 Å². The summed E-state index contributed by atoms with van der Waals surface area (Å²) < 4.78 is 11.0. The zero-order chi connectivity index (χ0) is 9.52. The lowest BCUT2D eigenvalue weighted by molar-refractivity contribution is -0.175. The van der Waals surface area contributed by atoms with Gasteiger partial charge in [-0.15, -0.1) is 0 Å². The van der Waals surface area contributed by atoms with Crippen molar-refractivity contribution >= 4 is 0 Å². The third kappa shape index (κ3) is 4.41. The molecule has 1 N–H and O–H groups in total. The van der Waals surface area contributed by atoms with Crippen LogP contribution in [0.5, 0.6) is 0 Å². The molecule has 1 aliphatic heterocycles. The van der Waals surface area contributed by atoms with Gasteiger partial charge in [-0.2, -0.15) is 0 Å². The lowest BCUT2D eigenvalue weighted by atomic mass is 10.2. The molecule has 0 aromatic rings. The van der Waals surface area contributed by atoms with E-state index in [4.69, 9.17) is 14.6 Å². The molecule has 1 saturated heterocycles. The zero-order valence-electron chi connectivity index (χ0n) is 8.11. The molecule has 13 heavy (non-hydrogen) atoms. The van der Waals surface area contributed by atoms with Crippen LogP contribution in [-0.4, -0.2) is 30.7 Å². The third-order valence-corrected chi connectivity index (χ3v) is 2.02. The van der Waals surface area contributed by atoms with E-state index in [0.717, 1.165) is 19.4 Å². The first-order valence-corrected chi connectivity index (χ1v) is 4.87. The van der Waals surface area contributed by atoms with E-state index in [1.165, 1.54) is 6.42 Å². The maximum atomic E-state index is 8.55. The molecule has 0 saturated carbocycles. The normalized spacial score (nSPS) is 26.5. The van der Waals surface area contributed by atoms with E-state index in [1.807, 2.05) is 13.0 Å². The molecule has 0 aliphatic carbocycles. The minimum atomic E-state index is -0.0490. The Kier molecular flexibility index (Phi) is 5.05. The van der Waals surface area contributed by atoms with Gasteiger partial charge in [-0.1, -0.05) is 12.2 Å². The molecule has 1 aliphatic rings. The predicted molar refractivity (Wildman–Crippen MR) is 50.4 cm³/mol. The van der Waals surface area contributed by atoms with Gasteiger partial charge in [0.2, 0.25) is 0 Å². The summed E-state index contributed by atoms with van der Waals surface area (Å²) in [6.07, 6.45) is 6.81. The van der Waals surface area contributed by atoms with Crippen molar-refractivity contribution in [3.05, 3.63) is 12.2 Å². The number of hydrogen-bond acceptors (Lipinski definition) is 3. The highest BCUT2D eigenvalue weighted by atomic mass is 16.7. The van der Waals surface area contributed by atoms with Crippen molar-refractivity contribution in [1.29, 1.82) is 0 Å². The summed E-state index contributed by atoms with van der Waals surface area (Å²) in [7, 11) is 0. The van der Waals surface area contributed by atoms with Gasteiger partial charge in [0.15, 0.2) is 6.29 Å². The van der Waals surface area contributed by atoms with E-state index in [9.17, 15) is 0 Å². The van der Waals surface area contributed by atoms with E-state index in [2.05, 4.69) is 0 Å². The largest absolute Gasteiger partial charge is 0.392 e. The van der Waals surface area contributed by atoms with Crippen LogP contribution in [0.1, 0.15) is 26.2 Å². The van der Waals surface area contributed by atoms with Gasteiger partial charge in [0.05, 0.1) is 12.7 Å². The van der Waals surface area contributed by atoms with E-state index in [-0.39, 0.29) is 19.0 Å². The number of aliphatic hydroxyl groups excluding tert-OH is 1. The summed E-state index contributed by atoms with van der Waals surface area (Å²) >= 11 is 0. The standard InChI is InChI=1S/C10H18O3/c1-9(5-4-7-11)13-10-6-2-3-8-12-10/h4-5,9-11H,2-3,6-8H2,1H3. The smallest absolute Gasteiger partial charge is 0.158 e. The highest BCUT2D eigenvalue weighted by Crippen LogP contribution is 2.15. The summed E-state index contributed by atoms with van der Waals surface area (Å²) in [5.74, 6) is 0. The molecule has 0 aromatic heterocycles. The Morgan fingerprint density at radius 2 is 2.46 bits per heavy atom. The molecule has 1 rings (SSSR count). The van der Waals surface area contributed by atoms with Gasteiger partial charge in [0, 0.05) is 6.61 Å². The molecule has 0 bridgehead atoms. The predicted octanol–water partition coefficient (Wildman–Crippen LogP) is 1.47.